The maximum absolute atomic E-state index is 12.5. The van der Waals surface area contributed by atoms with Gasteiger partial charge in [-0.05, 0) is 51.3 Å². The first-order chi connectivity index (χ1) is 12.5. The van der Waals surface area contributed by atoms with E-state index in [2.05, 4.69) is 10.6 Å². The van der Waals surface area contributed by atoms with Crippen LogP contribution in [0.15, 0.2) is 28.7 Å². The van der Waals surface area contributed by atoms with E-state index in [-0.39, 0.29) is 11.9 Å². The average Bonchev–Trinajstić information content (AvgIpc) is 3.22. The Morgan fingerprint density at radius 1 is 1.12 bits per heavy atom. The van der Waals surface area contributed by atoms with Crippen molar-refractivity contribution in [2.24, 2.45) is 0 Å². The molecule has 3 rings (SSSR count). The second-order valence-electron chi connectivity index (χ2n) is 6.72. The molecule has 3 amide bonds. The van der Waals surface area contributed by atoms with Crippen LogP contribution in [0.3, 0.4) is 0 Å². The molecule has 1 fully saturated rings. The van der Waals surface area contributed by atoms with E-state index in [9.17, 15) is 9.59 Å². The molecule has 138 valence electrons. The monoisotopic (exact) mass is 355 g/mol. The number of hydrogen-bond donors (Lipinski definition) is 2. The zero-order chi connectivity index (χ0) is 18.7. The van der Waals surface area contributed by atoms with Crippen LogP contribution in [0.5, 0.6) is 0 Å². The molecule has 0 aliphatic carbocycles. The van der Waals surface area contributed by atoms with Gasteiger partial charge in [0.2, 0.25) is 0 Å². The van der Waals surface area contributed by atoms with Crippen molar-refractivity contribution in [2.45, 2.75) is 40.2 Å². The van der Waals surface area contributed by atoms with Crippen LogP contribution >= 0.6 is 0 Å². The van der Waals surface area contributed by atoms with Crippen molar-refractivity contribution in [1.29, 1.82) is 0 Å². The summed E-state index contributed by atoms with van der Waals surface area (Å²) < 4.78 is 5.52. The van der Waals surface area contributed by atoms with Crippen LogP contribution in [0.2, 0.25) is 0 Å². The van der Waals surface area contributed by atoms with Crippen LogP contribution in [0, 0.1) is 20.8 Å². The molecule has 1 aliphatic heterocycles. The van der Waals surface area contributed by atoms with Gasteiger partial charge in [0.1, 0.15) is 11.5 Å². The van der Waals surface area contributed by atoms with Crippen molar-refractivity contribution < 1.29 is 14.0 Å². The molecule has 0 saturated carbocycles. The molecular formula is C20H25N3O3. The van der Waals surface area contributed by atoms with Crippen LogP contribution in [-0.4, -0.2) is 29.9 Å². The Hall–Kier alpha value is -2.76. The van der Waals surface area contributed by atoms with Crippen molar-refractivity contribution in [1.82, 2.24) is 10.2 Å². The number of aryl methyl sites for hydroxylation is 2. The number of anilines is 1. The van der Waals surface area contributed by atoms with Gasteiger partial charge in [-0.2, -0.15) is 0 Å². The number of carbonyl (C=O) groups is 2. The van der Waals surface area contributed by atoms with Crippen molar-refractivity contribution in [2.75, 3.05) is 18.4 Å². The molecule has 2 heterocycles. The molecule has 0 radical (unpaired) electrons. The molecule has 6 heteroatoms. The van der Waals surface area contributed by atoms with Gasteiger partial charge in [0.25, 0.3) is 5.91 Å². The zero-order valence-corrected chi connectivity index (χ0v) is 15.5. The van der Waals surface area contributed by atoms with Gasteiger partial charge in [0.05, 0.1) is 5.56 Å². The van der Waals surface area contributed by atoms with E-state index in [1.165, 1.54) is 0 Å². The van der Waals surface area contributed by atoms with Crippen molar-refractivity contribution in [3.8, 4) is 0 Å². The average molecular weight is 355 g/mol. The second-order valence-corrected chi connectivity index (χ2v) is 6.72. The van der Waals surface area contributed by atoms with Crippen molar-refractivity contribution >= 4 is 17.6 Å². The highest BCUT2D eigenvalue weighted by atomic mass is 16.3. The number of furan rings is 1. The summed E-state index contributed by atoms with van der Waals surface area (Å²) in [4.78, 5) is 26.5. The number of hydrogen-bond acceptors (Lipinski definition) is 3. The van der Waals surface area contributed by atoms with Gasteiger partial charge in [-0.15, -0.1) is 0 Å². The molecule has 0 unspecified atom stereocenters. The maximum atomic E-state index is 12.5. The lowest BCUT2D eigenvalue weighted by Gasteiger charge is -2.16. The van der Waals surface area contributed by atoms with Crippen molar-refractivity contribution in [3.63, 3.8) is 0 Å². The Labute approximate surface area is 153 Å². The minimum Gasteiger partial charge on any atom is -0.466 e. The highest BCUT2D eigenvalue weighted by Gasteiger charge is 2.19. The minimum atomic E-state index is -0.150. The molecule has 0 atom stereocenters. The molecule has 0 spiro atoms. The maximum Gasteiger partial charge on any atom is 0.321 e. The lowest BCUT2D eigenvalue weighted by atomic mass is 10.1. The summed E-state index contributed by atoms with van der Waals surface area (Å²) in [6.45, 7) is 7.54. The number of urea groups is 1. The second kappa shape index (κ2) is 7.64. The number of nitrogens with one attached hydrogen (secondary N) is 2. The van der Waals surface area contributed by atoms with E-state index >= 15 is 0 Å². The number of rotatable bonds is 4. The molecule has 1 aromatic heterocycles. The lowest BCUT2D eigenvalue weighted by Crippen LogP contribution is -2.32. The zero-order valence-electron chi connectivity index (χ0n) is 15.5. The summed E-state index contributed by atoms with van der Waals surface area (Å²) >= 11 is 0. The number of benzene rings is 1. The number of nitrogens with zero attached hydrogens (tertiary/aromatic N) is 1. The molecule has 2 aromatic rings. The largest absolute Gasteiger partial charge is 0.466 e. The number of amides is 3. The summed E-state index contributed by atoms with van der Waals surface area (Å²) in [7, 11) is 0. The van der Waals surface area contributed by atoms with E-state index < -0.39 is 0 Å². The van der Waals surface area contributed by atoms with Crippen LogP contribution in [0.4, 0.5) is 10.5 Å². The van der Waals surface area contributed by atoms with E-state index in [1.807, 2.05) is 43.0 Å². The molecule has 26 heavy (non-hydrogen) atoms. The quantitative estimate of drug-likeness (QED) is 0.877. The first kappa shape index (κ1) is 18.0. The highest BCUT2D eigenvalue weighted by Crippen LogP contribution is 2.21. The Balaban J connectivity index is 1.61. The summed E-state index contributed by atoms with van der Waals surface area (Å²) in [5, 5.41) is 5.85. The number of likely N-dealkylation sites (tertiary alicyclic amines) is 1. The first-order valence-corrected chi connectivity index (χ1v) is 8.95. The van der Waals surface area contributed by atoms with E-state index in [0.29, 0.717) is 17.9 Å². The van der Waals surface area contributed by atoms with Crippen LogP contribution in [0.1, 0.15) is 45.8 Å². The molecular weight excluding hydrogens is 330 g/mol. The van der Waals surface area contributed by atoms with Gasteiger partial charge in [0.15, 0.2) is 0 Å². The third-order valence-electron chi connectivity index (χ3n) is 4.81. The fraction of sp³-hybridized carbons (Fsp3) is 0.400. The third-order valence-corrected chi connectivity index (χ3v) is 4.81. The van der Waals surface area contributed by atoms with Gasteiger partial charge >= 0.3 is 6.03 Å². The Morgan fingerprint density at radius 2 is 1.85 bits per heavy atom. The minimum absolute atomic E-state index is 0.0659. The molecule has 6 nitrogen and oxygen atoms in total. The van der Waals surface area contributed by atoms with Gasteiger partial charge in [-0.1, -0.05) is 12.1 Å². The lowest BCUT2D eigenvalue weighted by molar-refractivity contribution is 0.0949. The molecule has 1 saturated heterocycles. The van der Waals surface area contributed by atoms with Crippen LogP contribution in [0.25, 0.3) is 0 Å². The summed E-state index contributed by atoms with van der Waals surface area (Å²) in [6, 6.07) is 7.47. The van der Waals surface area contributed by atoms with Gasteiger partial charge in [0, 0.05) is 30.9 Å². The Morgan fingerprint density at radius 3 is 2.50 bits per heavy atom. The topological polar surface area (TPSA) is 74.6 Å². The number of carbonyl (C=O) groups excluding carboxylic acids is 2. The smallest absolute Gasteiger partial charge is 0.321 e. The van der Waals surface area contributed by atoms with Crippen LogP contribution < -0.4 is 10.6 Å². The standard InChI is InChI=1S/C20H25N3O3/c1-13-14(2)26-15(3)18(13)19(24)21-12-16-7-6-8-17(11-16)22-20(25)23-9-4-5-10-23/h6-8,11H,4-5,9-10,12H2,1-3H3,(H,21,24)(H,22,25). The molecule has 1 aliphatic rings. The van der Waals surface area contributed by atoms with Crippen LogP contribution in [-0.2, 0) is 6.54 Å². The third kappa shape index (κ3) is 3.90. The van der Waals surface area contributed by atoms with E-state index in [0.717, 1.165) is 48.5 Å². The fourth-order valence-corrected chi connectivity index (χ4v) is 3.28. The van der Waals surface area contributed by atoms with Gasteiger partial charge in [-0.25, -0.2) is 4.79 Å². The predicted octanol–water partition coefficient (Wildman–Crippen LogP) is 3.76. The predicted molar refractivity (Wildman–Crippen MR) is 100 cm³/mol. The van der Waals surface area contributed by atoms with E-state index in [1.54, 1.807) is 6.92 Å². The normalized spacial score (nSPS) is 13.7. The summed E-state index contributed by atoms with van der Waals surface area (Å²) in [5.74, 6) is 1.24. The van der Waals surface area contributed by atoms with Gasteiger partial charge in [-0.3, -0.25) is 4.79 Å². The first-order valence-electron chi connectivity index (χ1n) is 8.95. The fourth-order valence-electron chi connectivity index (χ4n) is 3.28. The Bertz CT molecular complexity index is 820. The Kier molecular flexibility index (Phi) is 5.30. The van der Waals surface area contributed by atoms with E-state index in [4.69, 9.17) is 4.42 Å². The molecule has 2 N–H and O–H groups in total. The summed E-state index contributed by atoms with van der Waals surface area (Å²) in [6.07, 6.45) is 2.12. The highest BCUT2D eigenvalue weighted by molar-refractivity contribution is 5.96. The SMILES string of the molecule is Cc1oc(C)c(C(=O)NCc2cccc(NC(=O)N3CCCC3)c2)c1C. The molecule has 0 bridgehead atoms. The van der Waals surface area contributed by atoms with Gasteiger partial charge < -0.3 is 20.0 Å². The van der Waals surface area contributed by atoms with Crippen molar-refractivity contribution in [3.05, 3.63) is 52.5 Å². The summed E-state index contributed by atoms with van der Waals surface area (Å²) in [5.41, 5.74) is 3.13. The molecule has 1 aromatic carbocycles.